The first-order valence-corrected chi connectivity index (χ1v) is 9.62. The molecular formula is C19H20Cl3NO4. The largest absolute Gasteiger partial charge is 0.466 e. The van der Waals surface area contributed by atoms with Crippen LogP contribution in [0.15, 0.2) is 40.7 Å². The molecule has 0 radical (unpaired) electrons. The lowest BCUT2D eigenvalue weighted by Crippen LogP contribution is -2.33. The van der Waals surface area contributed by atoms with Gasteiger partial charge in [-0.25, -0.2) is 9.59 Å². The van der Waals surface area contributed by atoms with Gasteiger partial charge >= 0.3 is 11.9 Å². The second kappa shape index (κ2) is 9.49. The van der Waals surface area contributed by atoms with Crippen molar-refractivity contribution in [1.82, 2.24) is 5.32 Å². The van der Waals surface area contributed by atoms with Crippen molar-refractivity contribution in [3.8, 4) is 0 Å². The zero-order valence-electron chi connectivity index (χ0n) is 15.2. The summed E-state index contributed by atoms with van der Waals surface area (Å²) in [5.41, 5.74) is 2.18. The highest BCUT2D eigenvalue weighted by molar-refractivity contribution is 6.42. The molecule has 0 fully saturated rings. The van der Waals surface area contributed by atoms with E-state index in [0.717, 1.165) is 0 Å². The minimum atomic E-state index is -0.790. The fourth-order valence-electron chi connectivity index (χ4n) is 3.07. The first-order chi connectivity index (χ1) is 12.9. The summed E-state index contributed by atoms with van der Waals surface area (Å²) >= 11 is 18.5. The van der Waals surface area contributed by atoms with Crippen molar-refractivity contribution in [2.75, 3.05) is 19.6 Å². The monoisotopic (exact) mass is 431 g/mol. The first kappa shape index (κ1) is 21.6. The van der Waals surface area contributed by atoms with Gasteiger partial charge in [0.05, 0.1) is 40.8 Å². The van der Waals surface area contributed by atoms with Crippen molar-refractivity contribution in [2.45, 2.75) is 26.2 Å². The van der Waals surface area contributed by atoms with E-state index in [-0.39, 0.29) is 28.7 Å². The molecule has 1 aromatic rings. The quantitative estimate of drug-likeness (QED) is 0.527. The van der Waals surface area contributed by atoms with Crippen molar-refractivity contribution in [3.05, 3.63) is 56.3 Å². The summed E-state index contributed by atoms with van der Waals surface area (Å²) in [6.07, 6.45) is 0.385. The maximum Gasteiger partial charge on any atom is 0.336 e. The van der Waals surface area contributed by atoms with Gasteiger partial charge in [-0.3, -0.25) is 0 Å². The van der Waals surface area contributed by atoms with Gasteiger partial charge in [0.1, 0.15) is 0 Å². The average Bonchev–Trinajstić information content (AvgIpc) is 2.63. The van der Waals surface area contributed by atoms with Crippen LogP contribution in [-0.4, -0.2) is 31.5 Å². The number of rotatable bonds is 6. The smallest absolute Gasteiger partial charge is 0.336 e. The van der Waals surface area contributed by atoms with E-state index in [1.807, 2.05) is 0 Å². The van der Waals surface area contributed by atoms with E-state index in [0.29, 0.717) is 28.4 Å². The van der Waals surface area contributed by atoms with Crippen LogP contribution in [0.25, 0.3) is 0 Å². The van der Waals surface area contributed by atoms with E-state index in [1.165, 1.54) is 7.11 Å². The molecule has 0 bridgehead atoms. The Kier molecular flexibility index (Phi) is 7.59. The topological polar surface area (TPSA) is 64.6 Å². The molecule has 1 N–H and O–H groups in total. The van der Waals surface area contributed by atoms with Crippen LogP contribution in [0.4, 0.5) is 0 Å². The summed E-state index contributed by atoms with van der Waals surface area (Å²) < 4.78 is 10.2. The number of alkyl halides is 1. The van der Waals surface area contributed by atoms with Crippen molar-refractivity contribution in [2.24, 2.45) is 0 Å². The van der Waals surface area contributed by atoms with E-state index in [2.05, 4.69) is 5.32 Å². The molecule has 0 aromatic heterocycles. The van der Waals surface area contributed by atoms with Crippen LogP contribution >= 0.6 is 34.8 Å². The third-order valence-corrected chi connectivity index (χ3v) is 5.20. The number of ether oxygens (including phenoxy) is 2. The SMILES string of the molecule is CCOC(=O)C1=C(CCCl)NC(C)=C(C(=O)OC)C1c1cccc(Cl)c1Cl. The average molecular weight is 433 g/mol. The van der Waals surface area contributed by atoms with Gasteiger partial charge in [0.25, 0.3) is 0 Å². The molecule has 8 heteroatoms. The summed E-state index contributed by atoms with van der Waals surface area (Å²) in [6.45, 7) is 3.62. The van der Waals surface area contributed by atoms with Crippen LogP contribution < -0.4 is 5.32 Å². The third kappa shape index (κ3) is 4.42. The van der Waals surface area contributed by atoms with Gasteiger partial charge in [-0.2, -0.15) is 0 Å². The Labute approximate surface area is 173 Å². The third-order valence-electron chi connectivity index (χ3n) is 4.18. The highest BCUT2D eigenvalue weighted by Gasteiger charge is 2.39. The van der Waals surface area contributed by atoms with E-state index in [9.17, 15) is 9.59 Å². The number of hydrogen-bond acceptors (Lipinski definition) is 5. The lowest BCUT2D eigenvalue weighted by Gasteiger charge is -2.31. The Hall–Kier alpha value is -1.69. The molecule has 27 heavy (non-hydrogen) atoms. The summed E-state index contributed by atoms with van der Waals surface area (Å²) in [7, 11) is 1.28. The van der Waals surface area contributed by atoms with E-state index in [4.69, 9.17) is 44.3 Å². The molecule has 5 nitrogen and oxygen atoms in total. The Morgan fingerprint density at radius 3 is 2.48 bits per heavy atom. The van der Waals surface area contributed by atoms with Crippen LogP contribution in [0.2, 0.25) is 10.0 Å². The Morgan fingerprint density at radius 2 is 1.89 bits per heavy atom. The normalized spacial score (nSPS) is 16.9. The minimum Gasteiger partial charge on any atom is -0.466 e. The van der Waals surface area contributed by atoms with Crippen molar-refractivity contribution >= 4 is 46.7 Å². The number of allylic oxidation sites excluding steroid dienone is 2. The predicted octanol–water partition coefficient (Wildman–Crippen LogP) is 4.57. The molecule has 0 saturated heterocycles. The predicted molar refractivity (Wildman–Crippen MR) is 106 cm³/mol. The summed E-state index contributed by atoms with van der Waals surface area (Å²) in [5.74, 6) is -1.64. The molecule has 0 spiro atoms. The number of carbonyl (C=O) groups is 2. The number of hydrogen-bond donors (Lipinski definition) is 1. The molecule has 1 atom stereocenters. The number of dihydropyridines is 1. The Balaban J connectivity index is 2.79. The Bertz CT molecular complexity index is 817. The van der Waals surface area contributed by atoms with Crippen LogP contribution in [0, 0.1) is 0 Å². The second-order valence-corrected chi connectivity index (χ2v) is 6.95. The van der Waals surface area contributed by atoms with Gasteiger partial charge in [-0.1, -0.05) is 35.3 Å². The molecule has 0 amide bonds. The van der Waals surface area contributed by atoms with Crippen molar-refractivity contribution in [3.63, 3.8) is 0 Å². The highest BCUT2D eigenvalue weighted by Crippen LogP contribution is 2.44. The van der Waals surface area contributed by atoms with Gasteiger partial charge in [0.15, 0.2) is 0 Å². The van der Waals surface area contributed by atoms with Gasteiger partial charge in [0.2, 0.25) is 0 Å². The summed E-state index contributed by atoms with van der Waals surface area (Å²) in [4.78, 5) is 25.4. The van der Waals surface area contributed by atoms with Gasteiger partial charge in [-0.15, -0.1) is 11.6 Å². The summed E-state index contributed by atoms with van der Waals surface area (Å²) in [5, 5.41) is 3.68. The fraction of sp³-hybridized carbons (Fsp3) is 0.368. The number of halogens is 3. The minimum absolute atomic E-state index is 0.183. The molecule has 0 saturated carbocycles. The lowest BCUT2D eigenvalue weighted by atomic mass is 9.79. The first-order valence-electron chi connectivity index (χ1n) is 8.33. The molecule has 2 rings (SSSR count). The maximum atomic E-state index is 12.8. The highest BCUT2D eigenvalue weighted by atomic mass is 35.5. The summed E-state index contributed by atoms with van der Waals surface area (Å²) in [6, 6.07) is 5.06. The number of carbonyl (C=O) groups excluding carboxylic acids is 2. The maximum absolute atomic E-state index is 12.8. The Morgan fingerprint density at radius 1 is 1.19 bits per heavy atom. The second-order valence-electron chi connectivity index (χ2n) is 5.78. The van der Waals surface area contributed by atoms with Crippen LogP contribution in [-0.2, 0) is 19.1 Å². The number of benzene rings is 1. The zero-order chi connectivity index (χ0) is 20.1. The molecule has 1 heterocycles. The van der Waals surface area contributed by atoms with Crippen LogP contribution in [0.3, 0.4) is 0 Å². The fourth-order valence-corrected chi connectivity index (χ4v) is 3.68. The van der Waals surface area contributed by atoms with Crippen LogP contribution in [0.5, 0.6) is 0 Å². The molecule has 146 valence electrons. The van der Waals surface area contributed by atoms with Gasteiger partial charge in [0, 0.05) is 23.7 Å². The standard InChI is InChI=1S/C19H20Cl3NO4/c1-4-27-19(25)16-13(8-9-20)23-10(2)14(18(24)26-3)15(16)11-6-5-7-12(21)17(11)22/h5-7,15,23H,4,8-9H2,1-3H3. The van der Waals surface area contributed by atoms with Crippen molar-refractivity contribution < 1.29 is 19.1 Å². The van der Waals surface area contributed by atoms with Gasteiger partial charge in [-0.05, 0) is 25.5 Å². The molecule has 1 aliphatic heterocycles. The number of nitrogens with one attached hydrogen (secondary N) is 1. The van der Waals surface area contributed by atoms with Crippen molar-refractivity contribution in [1.29, 1.82) is 0 Å². The van der Waals surface area contributed by atoms with Crippen LogP contribution in [0.1, 0.15) is 31.7 Å². The molecule has 1 aromatic carbocycles. The lowest BCUT2D eigenvalue weighted by molar-refractivity contribution is -0.139. The molecular weight excluding hydrogens is 413 g/mol. The van der Waals surface area contributed by atoms with E-state index in [1.54, 1.807) is 32.0 Å². The zero-order valence-corrected chi connectivity index (χ0v) is 17.5. The molecule has 1 aliphatic rings. The van der Waals surface area contributed by atoms with E-state index < -0.39 is 17.9 Å². The molecule has 0 aliphatic carbocycles. The number of esters is 2. The van der Waals surface area contributed by atoms with Gasteiger partial charge < -0.3 is 14.8 Å². The van der Waals surface area contributed by atoms with E-state index >= 15 is 0 Å². The number of methoxy groups -OCH3 is 1. The molecule has 1 unspecified atom stereocenters.